The van der Waals surface area contributed by atoms with E-state index in [1.165, 1.54) is 6.07 Å². The molecule has 4 N–H and O–H groups in total. The second-order valence-corrected chi connectivity index (χ2v) is 4.03. The van der Waals surface area contributed by atoms with Crippen LogP contribution in [0.4, 0.5) is 5.82 Å². The number of nitrogens with zero attached hydrogens (tertiary/aromatic N) is 1. The number of amides is 2. The SMILES string of the molecule is CCCNc1cc(C(=O)NCC(N)=O)cc(Cl)n1. The molecule has 6 nitrogen and oxygen atoms in total. The van der Waals surface area contributed by atoms with E-state index in [9.17, 15) is 9.59 Å². The first-order chi connectivity index (χ1) is 8.52. The van der Waals surface area contributed by atoms with Crippen LogP contribution >= 0.6 is 11.6 Å². The zero-order valence-electron chi connectivity index (χ0n) is 10.00. The predicted octanol–water partition coefficient (Wildman–Crippen LogP) is 0.772. The van der Waals surface area contributed by atoms with Crippen molar-refractivity contribution in [2.24, 2.45) is 5.73 Å². The normalized spacial score (nSPS) is 9.89. The molecule has 0 aliphatic rings. The molecule has 2 amide bonds. The van der Waals surface area contributed by atoms with E-state index in [1.54, 1.807) is 6.07 Å². The van der Waals surface area contributed by atoms with Crippen molar-refractivity contribution in [2.75, 3.05) is 18.4 Å². The number of nitrogens with two attached hydrogens (primary N) is 1. The van der Waals surface area contributed by atoms with Gasteiger partial charge in [-0.15, -0.1) is 0 Å². The van der Waals surface area contributed by atoms with Crippen LogP contribution in [0.3, 0.4) is 0 Å². The number of carbonyl (C=O) groups is 2. The van der Waals surface area contributed by atoms with Crippen LogP contribution in [0.15, 0.2) is 12.1 Å². The lowest BCUT2D eigenvalue weighted by atomic mass is 10.2. The van der Waals surface area contributed by atoms with Gasteiger partial charge in [0.15, 0.2) is 0 Å². The summed E-state index contributed by atoms with van der Waals surface area (Å²) in [7, 11) is 0. The molecule has 0 atom stereocenters. The first kappa shape index (κ1) is 14.2. The third-order valence-corrected chi connectivity index (χ3v) is 2.23. The molecule has 0 unspecified atom stereocenters. The zero-order valence-corrected chi connectivity index (χ0v) is 10.8. The van der Waals surface area contributed by atoms with E-state index in [0.29, 0.717) is 11.4 Å². The molecule has 0 aromatic carbocycles. The topological polar surface area (TPSA) is 97.1 Å². The summed E-state index contributed by atoms with van der Waals surface area (Å²) < 4.78 is 0. The first-order valence-electron chi connectivity index (χ1n) is 5.51. The van der Waals surface area contributed by atoms with Gasteiger partial charge in [-0.3, -0.25) is 9.59 Å². The summed E-state index contributed by atoms with van der Waals surface area (Å²) >= 11 is 5.81. The monoisotopic (exact) mass is 270 g/mol. The maximum absolute atomic E-state index is 11.7. The Balaban J connectivity index is 2.78. The molecule has 1 aromatic rings. The molecule has 1 heterocycles. The molecular weight excluding hydrogens is 256 g/mol. The lowest BCUT2D eigenvalue weighted by Crippen LogP contribution is -2.33. The Morgan fingerprint density at radius 3 is 2.78 bits per heavy atom. The Kier molecular flexibility index (Phi) is 5.38. The molecule has 0 saturated heterocycles. The standard InChI is InChI=1S/C11H15ClN4O2/c1-2-3-14-10-5-7(4-8(12)16-10)11(18)15-6-9(13)17/h4-5H,2-3,6H2,1H3,(H2,13,17)(H,14,16)(H,15,18). The first-order valence-corrected chi connectivity index (χ1v) is 5.88. The van der Waals surface area contributed by atoms with Gasteiger partial charge in [0, 0.05) is 12.1 Å². The number of hydrogen-bond donors (Lipinski definition) is 3. The molecule has 0 spiro atoms. The van der Waals surface area contributed by atoms with Crippen LogP contribution in [0.25, 0.3) is 0 Å². The predicted molar refractivity (Wildman–Crippen MR) is 69.6 cm³/mol. The van der Waals surface area contributed by atoms with Crippen molar-refractivity contribution < 1.29 is 9.59 Å². The number of primary amides is 1. The summed E-state index contributed by atoms with van der Waals surface area (Å²) in [6.45, 7) is 2.53. The smallest absolute Gasteiger partial charge is 0.251 e. The van der Waals surface area contributed by atoms with Crippen LogP contribution in [0.2, 0.25) is 5.15 Å². The van der Waals surface area contributed by atoms with Gasteiger partial charge in [0.2, 0.25) is 5.91 Å². The van der Waals surface area contributed by atoms with E-state index in [4.69, 9.17) is 17.3 Å². The van der Waals surface area contributed by atoms with Gasteiger partial charge in [-0.25, -0.2) is 4.98 Å². The summed E-state index contributed by atoms with van der Waals surface area (Å²) in [5, 5.41) is 5.62. The number of carbonyl (C=O) groups excluding carboxylic acids is 2. The molecule has 0 radical (unpaired) electrons. The molecule has 0 fully saturated rings. The van der Waals surface area contributed by atoms with Gasteiger partial charge in [0.25, 0.3) is 5.91 Å². The second kappa shape index (κ2) is 6.80. The molecule has 0 aliphatic carbocycles. The summed E-state index contributed by atoms with van der Waals surface area (Å²) in [6.07, 6.45) is 0.928. The highest BCUT2D eigenvalue weighted by Gasteiger charge is 2.09. The molecule has 0 aliphatic heterocycles. The maximum atomic E-state index is 11.7. The average Bonchev–Trinajstić information content (AvgIpc) is 2.32. The van der Waals surface area contributed by atoms with E-state index >= 15 is 0 Å². The number of aromatic nitrogens is 1. The van der Waals surface area contributed by atoms with E-state index in [-0.39, 0.29) is 11.7 Å². The Hall–Kier alpha value is -1.82. The van der Waals surface area contributed by atoms with E-state index in [0.717, 1.165) is 13.0 Å². The van der Waals surface area contributed by atoms with Crippen molar-refractivity contribution in [1.29, 1.82) is 0 Å². The van der Waals surface area contributed by atoms with Crippen LogP contribution in [0, 0.1) is 0 Å². The van der Waals surface area contributed by atoms with Crippen LogP contribution < -0.4 is 16.4 Å². The van der Waals surface area contributed by atoms with Crippen molar-refractivity contribution >= 4 is 29.2 Å². The zero-order chi connectivity index (χ0) is 13.5. The van der Waals surface area contributed by atoms with Crippen molar-refractivity contribution in [3.8, 4) is 0 Å². The molecule has 7 heteroatoms. The maximum Gasteiger partial charge on any atom is 0.251 e. The summed E-state index contributed by atoms with van der Waals surface area (Å²) in [6, 6.07) is 2.99. The Morgan fingerprint density at radius 1 is 1.44 bits per heavy atom. The summed E-state index contributed by atoms with van der Waals surface area (Å²) in [5.74, 6) is -0.501. The van der Waals surface area contributed by atoms with Gasteiger partial charge in [-0.1, -0.05) is 18.5 Å². The Labute approximate surface area is 110 Å². The summed E-state index contributed by atoms with van der Waals surface area (Å²) in [5.41, 5.74) is 5.27. The van der Waals surface area contributed by atoms with Gasteiger partial charge in [0.1, 0.15) is 11.0 Å². The molecule has 98 valence electrons. The largest absolute Gasteiger partial charge is 0.370 e. The molecule has 1 aromatic heterocycles. The lowest BCUT2D eigenvalue weighted by molar-refractivity contribution is -0.117. The lowest BCUT2D eigenvalue weighted by Gasteiger charge is -2.07. The third-order valence-electron chi connectivity index (χ3n) is 2.04. The van der Waals surface area contributed by atoms with Gasteiger partial charge in [-0.05, 0) is 18.6 Å². The van der Waals surface area contributed by atoms with E-state index in [2.05, 4.69) is 15.6 Å². The Bertz CT molecular complexity index is 451. The number of halogens is 1. The van der Waals surface area contributed by atoms with Crippen molar-refractivity contribution in [1.82, 2.24) is 10.3 Å². The third kappa shape index (κ3) is 4.58. The second-order valence-electron chi connectivity index (χ2n) is 3.64. The summed E-state index contributed by atoms with van der Waals surface area (Å²) in [4.78, 5) is 26.3. The average molecular weight is 271 g/mol. The van der Waals surface area contributed by atoms with Crippen molar-refractivity contribution in [2.45, 2.75) is 13.3 Å². The Morgan fingerprint density at radius 2 is 2.17 bits per heavy atom. The molecule has 0 bridgehead atoms. The fourth-order valence-corrected chi connectivity index (χ4v) is 1.45. The minimum absolute atomic E-state index is 0.209. The highest BCUT2D eigenvalue weighted by atomic mass is 35.5. The number of nitrogens with one attached hydrogen (secondary N) is 2. The van der Waals surface area contributed by atoms with Crippen molar-refractivity contribution in [3.05, 3.63) is 22.8 Å². The van der Waals surface area contributed by atoms with Gasteiger partial charge < -0.3 is 16.4 Å². The van der Waals surface area contributed by atoms with Crippen LogP contribution in [-0.4, -0.2) is 29.9 Å². The van der Waals surface area contributed by atoms with Gasteiger partial charge in [0.05, 0.1) is 6.54 Å². The highest BCUT2D eigenvalue weighted by Crippen LogP contribution is 2.14. The quantitative estimate of drug-likeness (QED) is 0.665. The van der Waals surface area contributed by atoms with Crippen LogP contribution in [-0.2, 0) is 4.79 Å². The van der Waals surface area contributed by atoms with E-state index in [1.807, 2.05) is 6.92 Å². The van der Waals surface area contributed by atoms with E-state index < -0.39 is 11.8 Å². The van der Waals surface area contributed by atoms with Gasteiger partial charge in [-0.2, -0.15) is 0 Å². The molecule has 1 rings (SSSR count). The van der Waals surface area contributed by atoms with Gasteiger partial charge >= 0.3 is 0 Å². The fraction of sp³-hybridized carbons (Fsp3) is 0.364. The number of rotatable bonds is 6. The number of hydrogen-bond acceptors (Lipinski definition) is 4. The highest BCUT2D eigenvalue weighted by molar-refractivity contribution is 6.29. The van der Waals surface area contributed by atoms with Crippen LogP contribution in [0.1, 0.15) is 23.7 Å². The molecule has 0 saturated carbocycles. The number of pyridine rings is 1. The molecular formula is C11H15ClN4O2. The van der Waals surface area contributed by atoms with Crippen LogP contribution in [0.5, 0.6) is 0 Å². The van der Waals surface area contributed by atoms with Crippen molar-refractivity contribution in [3.63, 3.8) is 0 Å². The minimum Gasteiger partial charge on any atom is -0.370 e. The number of anilines is 1. The fourth-order valence-electron chi connectivity index (χ4n) is 1.24. The molecule has 18 heavy (non-hydrogen) atoms. The minimum atomic E-state index is -0.604.